The number of esters is 1. The van der Waals surface area contributed by atoms with E-state index in [1.165, 1.54) is 0 Å². The number of hydrogen-bond donors (Lipinski definition) is 1. The number of carbonyl (C=O) groups excluding carboxylic acids is 1. The van der Waals surface area contributed by atoms with Crippen LogP contribution in [-0.2, 0) is 26.4 Å². The minimum absolute atomic E-state index is 0.0688. The van der Waals surface area contributed by atoms with Gasteiger partial charge in [-0.05, 0) is 42.7 Å². The van der Waals surface area contributed by atoms with E-state index in [4.69, 9.17) is 20.9 Å². The molecule has 1 N–H and O–H groups in total. The second-order valence-corrected chi connectivity index (χ2v) is 7.69. The number of cyclic esters (lactones) is 1. The van der Waals surface area contributed by atoms with Gasteiger partial charge in [0.15, 0.2) is 11.1 Å². The number of rotatable bonds is 4. The van der Waals surface area contributed by atoms with Gasteiger partial charge in [-0.1, -0.05) is 48.0 Å². The third-order valence-electron chi connectivity index (χ3n) is 4.05. The van der Waals surface area contributed by atoms with Crippen LogP contribution < -0.4 is 0 Å². The smallest absolute Gasteiger partial charge is 0.340 e. The molecule has 1 aliphatic rings. The topological polar surface area (TPSA) is 63.6 Å². The summed E-state index contributed by atoms with van der Waals surface area (Å²) in [6, 6.07) is 14.4. The summed E-state index contributed by atoms with van der Waals surface area (Å²) in [5.74, 6) is -0.318. The molecule has 2 aromatic rings. The maximum absolute atomic E-state index is 12.5. The average Bonchev–Trinajstić information content (AvgIpc) is 2.76. The molecule has 0 saturated heterocycles. The molecule has 1 heterocycles. The van der Waals surface area contributed by atoms with Crippen molar-refractivity contribution in [1.29, 1.82) is 0 Å². The molecule has 0 radical (unpaired) electrons. The summed E-state index contributed by atoms with van der Waals surface area (Å²) in [5, 5.41) is 0.544. The predicted molar refractivity (Wildman–Crippen MR) is 99.4 cm³/mol. The zero-order chi connectivity index (χ0) is 18.2. The molecule has 0 aliphatic carbocycles. The van der Waals surface area contributed by atoms with Crippen LogP contribution in [0.5, 0.6) is 0 Å². The van der Waals surface area contributed by atoms with Crippen molar-refractivity contribution in [2.45, 2.75) is 25.2 Å². The van der Waals surface area contributed by atoms with Gasteiger partial charge >= 0.3 is 5.97 Å². The molecule has 0 bridgehead atoms. The van der Waals surface area contributed by atoms with Gasteiger partial charge in [0.25, 0.3) is 0 Å². The zero-order valence-corrected chi connectivity index (χ0v) is 15.4. The van der Waals surface area contributed by atoms with Crippen molar-refractivity contribution < 1.29 is 18.3 Å². The Morgan fingerprint density at radius 1 is 1.12 bits per heavy atom. The highest BCUT2D eigenvalue weighted by Gasteiger charge is 2.41. The number of hydrogen-bond acceptors (Lipinski definition) is 3. The number of halogens is 1. The summed E-state index contributed by atoms with van der Waals surface area (Å²) in [6.07, 6.45) is 0. The van der Waals surface area contributed by atoms with E-state index in [0.717, 1.165) is 16.7 Å². The molecule has 0 aromatic heterocycles. The van der Waals surface area contributed by atoms with Crippen LogP contribution in [0.1, 0.15) is 30.5 Å². The first kappa shape index (κ1) is 17.9. The van der Waals surface area contributed by atoms with Gasteiger partial charge in [0.2, 0.25) is 0 Å². The molecule has 0 fully saturated rings. The zero-order valence-electron chi connectivity index (χ0n) is 13.8. The monoisotopic (exact) mass is 376 g/mol. The lowest BCUT2D eigenvalue weighted by molar-refractivity contribution is -0.141. The van der Waals surface area contributed by atoms with Crippen LogP contribution in [-0.4, -0.2) is 20.3 Å². The van der Waals surface area contributed by atoms with Gasteiger partial charge in [-0.2, -0.15) is 0 Å². The maximum Gasteiger partial charge on any atom is 0.340 e. The Bertz CT molecular complexity index is 885. The van der Waals surface area contributed by atoms with E-state index in [9.17, 15) is 9.00 Å². The molecule has 1 aliphatic heterocycles. The highest BCUT2D eigenvalue weighted by Crippen LogP contribution is 2.44. The van der Waals surface area contributed by atoms with Crippen LogP contribution in [0.2, 0.25) is 5.02 Å². The Hall–Kier alpha value is -1.95. The fourth-order valence-electron chi connectivity index (χ4n) is 3.05. The molecule has 0 spiro atoms. The van der Waals surface area contributed by atoms with E-state index in [1.807, 2.05) is 32.0 Å². The first-order valence-electron chi connectivity index (χ1n) is 7.69. The van der Waals surface area contributed by atoms with Crippen LogP contribution in [0, 0.1) is 0 Å². The first-order valence-corrected chi connectivity index (χ1v) is 9.34. The van der Waals surface area contributed by atoms with Gasteiger partial charge in [0.05, 0.1) is 11.3 Å². The van der Waals surface area contributed by atoms with Gasteiger partial charge < -0.3 is 9.29 Å². The number of ether oxygens (including phenoxy) is 1. The van der Waals surface area contributed by atoms with Crippen LogP contribution in [0.25, 0.3) is 11.1 Å². The standard InChI is InChI=1S/C19H17ClO4S/c1-19(2)17(13-8-6-12(7-9-13)11-25(22)23)16(18(21)24-19)14-4-3-5-15(20)10-14/h3-10H,11H2,1-2H3,(H,22,23). The van der Waals surface area contributed by atoms with E-state index in [1.54, 1.807) is 30.3 Å². The van der Waals surface area contributed by atoms with E-state index in [2.05, 4.69) is 0 Å². The molecular weight excluding hydrogens is 360 g/mol. The fourth-order valence-corrected chi connectivity index (χ4v) is 3.71. The Morgan fingerprint density at radius 3 is 2.40 bits per heavy atom. The molecule has 6 heteroatoms. The summed E-state index contributed by atoms with van der Waals surface area (Å²) in [5.41, 5.74) is 2.77. The molecule has 1 unspecified atom stereocenters. The highest BCUT2D eigenvalue weighted by atomic mass is 35.5. The molecule has 25 heavy (non-hydrogen) atoms. The highest BCUT2D eigenvalue weighted by molar-refractivity contribution is 7.78. The predicted octanol–water partition coefficient (Wildman–Crippen LogP) is 4.31. The molecule has 0 saturated carbocycles. The van der Waals surface area contributed by atoms with Gasteiger partial charge in [-0.3, -0.25) is 0 Å². The Labute approximate surface area is 153 Å². The van der Waals surface area contributed by atoms with Gasteiger partial charge in [0.1, 0.15) is 5.60 Å². The largest absolute Gasteiger partial charge is 0.451 e. The lowest BCUT2D eigenvalue weighted by atomic mass is 9.86. The number of benzene rings is 2. The Kier molecular flexibility index (Phi) is 4.82. The summed E-state index contributed by atoms with van der Waals surface area (Å²) in [4.78, 5) is 12.5. The Morgan fingerprint density at radius 2 is 1.80 bits per heavy atom. The van der Waals surface area contributed by atoms with Crippen LogP contribution in [0.15, 0.2) is 48.5 Å². The molecule has 2 aromatic carbocycles. The van der Waals surface area contributed by atoms with Gasteiger partial charge in [-0.15, -0.1) is 0 Å². The SMILES string of the molecule is CC1(C)OC(=O)C(c2cccc(Cl)c2)=C1c1ccc(CS(=O)O)cc1. The van der Waals surface area contributed by atoms with Crippen molar-refractivity contribution in [3.8, 4) is 0 Å². The minimum Gasteiger partial charge on any atom is -0.451 e. The second-order valence-electron chi connectivity index (χ2n) is 6.32. The third kappa shape index (κ3) is 3.68. The maximum atomic E-state index is 12.5. The first-order chi connectivity index (χ1) is 11.8. The number of carbonyl (C=O) groups is 1. The molecule has 130 valence electrons. The molecule has 1 atom stereocenters. The van der Waals surface area contributed by atoms with Gasteiger partial charge in [0, 0.05) is 10.6 Å². The van der Waals surface area contributed by atoms with Crippen molar-refractivity contribution in [2.75, 3.05) is 0 Å². The lowest BCUT2D eigenvalue weighted by Crippen LogP contribution is -2.22. The van der Waals surface area contributed by atoms with Crippen molar-refractivity contribution in [3.63, 3.8) is 0 Å². The fraction of sp³-hybridized carbons (Fsp3) is 0.211. The second kappa shape index (κ2) is 6.75. The normalized spacial score (nSPS) is 17.5. The van der Waals surface area contributed by atoms with Crippen LogP contribution >= 0.6 is 11.6 Å². The van der Waals surface area contributed by atoms with E-state index in [0.29, 0.717) is 16.2 Å². The van der Waals surface area contributed by atoms with E-state index in [-0.39, 0.29) is 11.7 Å². The van der Waals surface area contributed by atoms with Gasteiger partial charge in [-0.25, -0.2) is 9.00 Å². The quantitative estimate of drug-likeness (QED) is 0.638. The average molecular weight is 377 g/mol. The lowest BCUT2D eigenvalue weighted by Gasteiger charge is -2.22. The third-order valence-corrected chi connectivity index (χ3v) is 4.87. The van der Waals surface area contributed by atoms with Crippen molar-refractivity contribution >= 4 is 39.8 Å². The van der Waals surface area contributed by atoms with Crippen LogP contribution in [0.4, 0.5) is 0 Å². The molecule has 0 amide bonds. The van der Waals surface area contributed by atoms with E-state index >= 15 is 0 Å². The van der Waals surface area contributed by atoms with Crippen LogP contribution in [0.3, 0.4) is 0 Å². The molecule has 3 rings (SSSR count). The summed E-state index contributed by atoms with van der Waals surface area (Å²) < 4.78 is 25.5. The molecule has 4 nitrogen and oxygen atoms in total. The Balaban J connectivity index is 2.13. The summed E-state index contributed by atoms with van der Waals surface area (Å²) in [7, 11) is 0. The minimum atomic E-state index is -1.89. The van der Waals surface area contributed by atoms with Crippen molar-refractivity contribution in [1.82, 2.24) is 0 Å². The summed E-state index contributed by atoms with van der Waals surface area (Å²) in [6.45, 7) is 3.68. The van der Waals surface area contributed by atoms with Crippen molar-refractivity contribution in [2.24, 2.45) is 0 Å². The molecular formula is C19H17ClO4S. The van der Waals surface area contributed by atoms with E-state index < -0.39 is 16.7 Å². The van der Waals surface area contributed by atoms with Crippen molar-refractivity contribution in [3.05, 3.63) is 70.2 Å². The summed E-state index contributed by atoms with van der Waals surface area (Å²) >= 11 is 4.19.